The van der Waals surface area contributed by atoms with Crippen LogP contribution in [0.15, 0.2) is 140 Å². The average molecular weight is 566 g/mol. The van der Waals surface area contributed by atoms with E-state index in [1.165, 1.54) is 47.5 Å². The fraction of sp³-hybridized carbons (Fsp3) is 0. The van der Waals surface area contributed by atoms with Crippen LogP contribution in [0, 0.1) is 0 Å². The molecule has 0 saturated heterocycles. The summed E-state index contributed by atoms with van der Waals surface area (Å²) in [5.74, 6) is 0. The molecule has 0 amide bonds. The molecule has 9 aromatic rings. The molecule has 200 valence electrons. The molecule has 4 heteroatoms. The Hall–Kier alpha value is -5.45. The SMILES string of the molecule is c1ccc(-c2nc3ccccc3c3c2cc(-c2ccc4cc(-c5ccccn5)ncc4c2)c2sc4ccccc4c23)cc1. The number of nitrogens with zero attached hydrogens (tertiary/aromatic N) is 3. The minimum absolute atomic E-state index is 0.878. The second-order valence-electron chi connectivity index (χ2n) is 10.8. The highest BCUT2D eigenvalue weighted by Crippen LogP contribution is 2.48. The number of para-hydroxylation sites is 1. The zero-order valence-electron chi connectivity index (χ0n) is 23.0. The van der Waals surface area contributed by atoms with Crippen LogP contribution < -0.4 is 0 Å². The van der Waals surface area contributed by atoms with Gasteiger partial charge in [0.15, 0.2) is 0 Å². The molecule has 4 heterocycles. The van der Waals surface area contributed by atoms with E-state index in [4.69, 9.17) is 9.97 Å². The average Bonchev–Trinajstić information content (AvgIpc) is 3.47. The summed E-state index contributed by atoms with van der Waals surface area (Å²) in [4.78, 5) is 14.5. The van der Waals surface area contributed by atoms with Crippen LogP contribution in [0.4, 0.5) is 0 Å². The number of thiophene rings is 1. The fourth-order valence-electron chi connectivity index (χ4n) is 6.32. The highest BCUT2D eigenvalue weighted by atomic mass is 32.1. The quantitative estimate of drug-likeness (QED) is 0.200. The zero-order valence-corrected chi connectivity index (χ0v) is 23.8. The molecule has 0 spiro atoms. The molecule has 0 radical (unpaired) electrons. The van der Waals surface area contributed by atoms with Gasteiger partial charge in [-0.05, 0) is 53.4 Å². The first kappa shape index (κ1) is 24.2. The van der Waals surface area contributed by atoms with Gasteiger partial charge in [-0.25, -0.2) is 4.98 Å². The fourth-order valence-corrected chi connectivity index (χ4v) is 7.57. The van der Waals surface area contributed by atoms with Crippen molar-refractivity contribution in [1.82, 2.24) is 15.0 Å². The van der Waals surface area contributed by atoms with Crippen LogP contribution in [0.1, 0.15) is 0 Å². The lowest BCUT2D eigenvalue weighted by atomic mass is 9.91. The molecule has 0 atom stereocenters. The molecule has 0 unspecified atom stereocenters. The Morgan fingerprint density at radius 1 is 0.512 bits per heavy atom. The van der Waals surface area contributed by atoms with Crippen molar-refractivity contribution in [3.63, 3.8) is 0 Å². The zero-order chi connectivity index (χ0) is 28.3. The van der Waals surface area contributed by atoms with Gasteiger partial charge >= 0.3 is 0 Å². The third-order valence-corrected chi connectivity index (χ3v) is 9.52. The van der Waals surface area contributed by atoms with Gasteiger partial charge in [-0.1, -0.05) is 84.9 Å². The Morgan fingerprint density at radius 2 is 1.33 bits per heavy atom. The van der Waals surface area contributed by atoms with Gasteiger partial charge in [-0.2, -0.15) is 0 Å². The monoisotopic (exact) mass is 565 g/mol. The summed E-state index contributed by atoms with van der Waals surface area (Å²) in [5, 5.41) is 8.45. The first-order chi connectivity index (χ1) is 21.3. The van der Waals surface area contributed by atoms with E-state index >= 15 is 0 Å². The van der Waals surface area contributed by atoms with E-state index in [9.17, 15) is 0 Å². The van der Waals surface area contributed by atoms with Gasteiger partial charge in [0.2, 0.25) is 0 Å². The largest absolute Gasteiger partial charge is 0.255 e. The Bertz CT molecular complexity index is 2500. The lowest BCUT2D eigenvalue weighted by Crippen LogP contribution is -1.92. The molecule has 0 N–H and O–H groups in total. The second kappa shape index (κ2) is 9.55. The molecule has 43 heavy (non-hydrogen) atoms. The van der Waals surface area contributed by atoms with Crippen LogP contribution in [0.5, 0.6) is 0 Å². The van der Waals surface area contributed by atoms with Crippen molar-refractivity contribution in [3.8, 4) is 33.8 Å². The lowest BCUT2D eigenvalue weighted by molar-refractivity contribution is 1.26. The smallest absolute Gasteiger partial charge is 0.0892 e. The molecule has 3 nitrogen and oxygen atoms in total. The first-order valence-electron chi connectivity index (χ1n) is 14.4. The van der Waals surface area contributed by atoms with Gasteiger partial charge in [-0.3, -0.25) is 9.97 Å². The summed E-state index contributed by atoms with van der Waals surface area (Å²) < 4.78 is 2.58. The molecule has 9 rings (SSSR count). The molecule has 5 aromatic carbocycles. The van der Waals surface area contributed by atoms with Crippen molar-refractivity contribution in [2.45, 2.75) is 0 Å². The van der Waals surface area contributed by atoms with Crippen LogP contribution in [-0.4, -0.2) is 15.0 Å². The normalized spacial score (nSPS) is 11.7. The van der Waals surface area contributed by atoms with Gasteiger partial charge in [0.25, 0.3) is 0 Å². The number of pyridine rings is 3. The van der Waals surface area contributed by atoms with Crippen LogP contribution in [0.25, 0.3) is 86.4 Å². The molecular formula is C39H23N3S. The molecule has 0 fully saturated rings. The van der Waals surface area contributed by atoms with Crippen LogP contribution in [-0.2, 0) is 0 Å². The van der Waals surface area contributed by atoms with Crippen molar-refractivity contribution < 1.29 is 0 Å². The van der Waals surface area contributed by atoms with Gasteiger partial charge in [0.05, 0.1) is 22.6 Å². The minimum atomic E-state index is 0.878. The molecule has 0 bridgehead atoms. The van der Waals surface area contributed by atoms with E-state index in [1.54, 1.807) is 0 Å². The summed E-state index contributed by atoms with van der Waals surface area (Å²) >= 11 is 1.87. The minimum Gasteiger partial charge on any atom is -0.255 e. The summed E-state index contributed by atoms with van der Waals surface area (Å²) in [6.45, 7) is 0. The van der Waals surface area contributed by atoms with Gasteiger partial charge in [0.1, 0.15) is 0 Å². The maximum absolute atomic E-state index is 5.26. The number of rotatable bonds is 3. The lowest BCUT2D eigenvalue weighted by Gasteiger charge is -2.15. The molecule has 0 aliphatic heterocycles. The topological polar surface area (TPSA) is 38.7 Å². The third-order valence-electron chi connectivity index (χ3n) is 8.32. The second-order valence-corrected chi connectivity index (χ2v) is 11.9. The molecule has 0 saturated carbocycles. The highest BCUT2D eigenvalue weighted by molar-refractivity contribution is 7.26. The van der Waals surface area contributed by atoms with Crippen LogP contribution >= 0.6 is 11.3 Å². The Morgan fingerprint density at radius 3 is 2.21 bits per heavy atom. The van der Waals surface area contributed by atoms with E-state index in [2.05, 4.69) is 114 Å². The van der Waals surface area contributed by atoms with E-state index in [-0.39, 0.29) is 0 Å². The summed E-state index contributed by atoms with van der Waals surface area (Å²) in [6, 6.07) is 45.0. The Balaban J connectivity index is 1.38. The van der Waals surface area contributed by atoms with E-state index in [1.807, 2.05) is 41.9 Å². The van der Waals surface area contributed by atoms with Crippen molar-refractivity contribution >= 4 is 64.0 Å². The van der Waals surface area contributed by atoms with E-state index < -0.39 is 0 Å². The predicted molar refractivity (Wildman–Crippen MR) is 182 cm³/mol. The number of fused-ring (bicyclic) bond motifs is 8. The number of hydrogen-bond acceptors (Lipinski definition) is 4. The Labute approximate surface area is 251 Å². The van der Waals surface area contributed by atoms with Crippen molar-refractivity contribution in [1.29, 1.82) is 0 Å². The Kier molecular flexibility index (Phi) is 5.37. The third kappa shape index (κ3) is 3.84. The van der Waals surface area contributed by atoms with Crippen molar-refractivity contribution in [3.05, 3.63) is 140 Å². The number of benzene rings is 5. The van der Waals surface area contributed by atoms with Gasteiger partial charge < -0.3 is 0 Å². The maximum Gasteiger partial charge on any atom is 0.0892 e. The first-order valence-corrected chi connectivity index (χ1v) is 15.2. The van der Waals surface area contributed by atoms with E-state index in [0.29, 0.717) is 0 Å². The maximum atomic E-state index is 5.26. The highest BCUT2D eigenvalue weighted by Gasteiger charge is 2.20. The molecule has 0 aliphatic carbocycles. The summed E-state index contributed by atoms with van der Waals surface area (Å²) in [7, 11) is 0. The standard InChI is InChI=1S/C39H23N3S/c1-2-10-24(11-3-1)38-31-22-30(26-18-17-25-21-34(41-23-27(25)20-26)33-15-8-9-19-40-33)39-37(29-13-5-7-16-35(29)43-39)36(31)28-12-4-6-14-32(28)42-38/h1-23H. The van der Waals surface area contributed by atoms with Gasteiger partial charge in [-0.15, -0.1) is 11.3 Å². The van der Waals surface area contributed by atoms with Crippen molar-refractivity contribution in [2.75, 3.05) is 0 Å². The number of hydrogen-bond donors (Lipinski definition) is 0. The molecule has 0 aliphatic rings. The van der Waals surface area contributed by atoms with Gasteiger partial charge in [0, 0.05) is 65.2 Å². The van der Waals surface area contributed by atoms with Crippen molar-refractivity contribution in [2.24, 2.45) is 0 Å². The van der Waals surface area contributed by atoms with Crippen LogP contribution in [0.2, 0.25) is 0 Å². The summed E-state index contributed by atoms with van der Waals surface area (Å²) in [6.07, 6.45) is 3.78. The van der Waals surface area contributed by atoms with E-state index in [0.717, 1.165) is 38.9 Å². The summed E-state index contributed by atoms with van der Waals surface area (Å²) in [5.41, 5.74) is 7.29. The molecular weight excluding hydrogens is 543 g/mol. The molecule has 4 aromatic heterocycles. The van der Waals surface area contributed by atoms with Crippen LogP contribution in [0.3, 0.4) is 0 Å². The predicted octanol–water partition coefficient (Wildman–Crippen LogP) is 10.7. The number of aromatic nitrogens is 3.